The van der Waals surface area contributed by atoms with Crippen LogP contribution >= 0.6 is 0 Å². The van der Waals surface area contributed by atoms with Crippen LogP contribution in [-0.2, 0) is 11.3 Å². The smallest absolute Gasteiger partial charge is 0.410 e. The fraction of sp³-hybridized carbons (Fsp3) is 0.786. The molecule has 21 heavy (non-hydrogen) atoms. The van der Waals surface area contributed by atoms with Crippen molar-refractivity contribution in [1.82, 2.24) is 25.4 Å². The summed E-state index contributed by atoms with van der Waals surface area (Å²) in [6, 6.07) is 0.177. The number of carbonyl (C=O) groups is 1. The molecule has 0 aromatic carbocycles. The van der Waals surface area contributed by atoms with E-state index in [1.165, 1.54) is 6.33 Å². The van der Waals surface area contributed by atoms with Crippen molar-refractivity contribution in [2.45, 2.75) is 58.2 Å². The van der Waals surface area contributed by atoms with Crippen LogP contribution in [0.25, 0.3) is 0 Å². The Balaban J connectivity index is 1.84. The molecule has 0 aliphatic carbocycles. The minimum atomic E-state index is -0.452. The second kappa shape index (κ2) is 6.89. The number of rotatable bonds is 4. The number of amides is 1. The molecule has 0 spiro atoms. The molecule has 0 bridgehead atoms. The third-order valence-electron chi connectivity index (χ3n) is 3.39. The van der Waals surface area contributed by atoms with Crippen LogP contribution in [0, 0.1) is 0 Å². The van der Waals surface area contributed by atoms with E-state index < -0.39 is 5.60 Å². The van der Waals surface area contributed by atoms with Gasteiger partial charge in [-0.3, -0.25) is 5.10 Å². The Hall–Kier alpha value is -1.63. The van der Waals surface area contributed by atoms with Crippen molar-refractivity contribution in [3.8, 4) is 0 Å². The average molecular weight is 295 g/mol. The van der Waals surface area contributed by atoms with Crippen molar-refractivity contribution in [3.05, 3.63) is 12.2 Å². The lowest BCUT2D eigenvalue weighted by Crippen LogP contribution is -2.50. The van der Waals surface area contributed by atoms with Crippen molar-refractivity contribution in [2.75, 3.05) is 13.1 Å². The van der Waals surface area contributed by atoms with Gasteiger partial charge in [-0.25, -0.2) is 9.78 Å². The fourth-order valence-electron chi connectivity index (χ4n) is 2.45. The van der Waals surface area contributed by atoms with Gasteiger partial charge in [-0.1, -0.05) is 0 Å². The highest BCUT2D eigenvalue weighted by atomic mass is 16.6. The number of ether oxygens (including phenoxy) is 1. The SMILES string of the molecule is CC(C)(C)OC(=O)N1CCCCC1CNCc1ncn[nH]1. The number of hydrogen-bond donors (Lipinski definition) is 2. The summed E-state index contributed by atoms with van der Waals surface area (Å²) in [6.07, 6.45) is 4.47. The quantitative estimate of drug-likeness (QED) is 0.883. The van der Waals surface area contributed by atoms with Crippen molar-refractivity contribution in [1.29, 1.82) is 0 Å². The molecule has 2 heterocycles. The summed E-state index contributed by atoms with van der Waals surface area (Å²) in [7, 11) is 0. The first-order valence-electron chi connectivity index (χ1n) is 7.50. The summed E-state index contributed by atoms with van der Waals surface area (Å²) in [5, 5.41) is 9.94. The fourth-order valence-corrected chi connectivity index (χ4v) is 2.45. The monoisotopic (exact) mass is 295 g/mol. The highest BCUT2D eigenvalue weighted by Crippen LogP contribution is 2.20. The van der Waals surface area contributed by atoms with E-state index in [0.29, 0.717) is 6.54 Å². The Labute approximate surface area is 125 Å². The molecule has 1 aromatic rings. The van der Waals surface area contributed by atoms with E-state index in [4.69, 9.17) is 4.74 Å². The van der Waals surface area contributed by atoms with E-state index in [1.807, 2.05) is 25.7 Å². The minimum absolute atomic E-state index is 0.177. The van der Waals surface area contributed by atoms with E-state index in [0.717, 1.165) is 38.2 Å². The van der Waals surface area contributed by atoms with Crippen molar-refractivity contribution in [2.24, 2.45) is 0 Å². The van der Waals surface area contributed by atoms with Gasteiger partial charge in [0.2, 0.25) is 0 Å². The molecule has 1 aliphatic rings. The van der Waals surface area contributed by atoms with Gasteiger partial charge in [-0.15, -0.1) is 0 Å². The number of nitrogens with zero attached hydrogens (tertiary/aromatic N) is 3. The predicted octanol–water partition coefficient (Wildman–Crippen LogP) is 1.68. The molecule has 2 rings (SSSR count). The van der Waals surface area contributed by atoms with Crippen LogP contribution in [-0.4, -0.2) is 50.9 Å². The Kier molecular flexibility index (Phi) is 5.17. The summed E-state index contributed by atoms with van der Waals surface area (Å²) < 4.78 is 5.49. The van der Waals surface area contributed by atoms with Gasteiger partial charge in [0.15, 0.2) is 0 Å². The molecule has 0 saturated carbocycles. The Morgan fingerprint density at radius 3 is 3.00 bits per heavy atom. The number of aromatic amines is 1. The summed E-state index contributed by atoms with van der Waals surface area (Å²) in [5.74, 6) is 0.801. The number of H-pyrrole nitrogens is 1. The first-order valence-corrected chi connectivity index (χ1v) is 7.50. The molecule has 2 N–H and O–H groups in total. The lowest BCUT2D eigenvalue weighted by Gasteiger charge is -2.36. The summed E-state index contributed by atoms with van der Waals surface area (Å²) in [6.45, 7) is 7.81. The van der Waals surface area contributed by atoms with Gasteiger partial charge in [0.25, 0.3) is 0 Å². The molecular weight excluding hydrogens is 270 g/mol. The maximum Gasteiger partial charge on any atom is 0.410 e. The third kappa shape index (κ3) is 5.00. The van der Waals surface area contributed by atoms with Crippen LogP contribution in [0.3, 0.4) is 0 Å². The molecule has 1 fully saturated rings. The van der Waals surface area contributed by atoms with Crippen LogP contribution < -0.4 is 5.32 Å². The third-order valence-corrected chi connectivity index (χ3v) is 3.39. The maximum absolute atomic E-state index is 12.3. The normalized spacial score (nSPS) is 19.6. The number of nitrogens with one attached hydrogen (secondary N) is 2. The second-order valence-corrected chi connectivity index (χ2v) is 6.39. The van der Waals surface area contributed by atoms with Crippen LogP contribution in [0.2, 0.25) is 0 Å². The van der Waals surface area contributed by atoms with Crippen LogP contribution in [0.4, 0.5) is 4.79 Å². The van der Waals surface area contributed by atoms with Crippen LogP contribution in [0.15, 0.2) is 6.33 Å². The lowest BCUT2D eigenvalue weighted by molar-refractivity contribution is 0.00992. The number of aromatic nitrogens is 3. The second-order valence-electron chi connectivity index (χ2n) is 6.39. The molecule has 1 aromatic heterocycles. The van der Waals surface area contributed by atoms with Gasteiger partial charge in [0.1, 0.15) is 17.8 Å². The van der Waals surface area contributed by atoms with Crippen molar-refractivity contribution >= 4 is 6.09 Å². The molecule has 1 atom stereocenters. The standard InChI is InChI=1S/C14H25N5O2/c1-14(2,3)21-13(20)19-7-5-4-6-11(19)8-15-9-12-16-10-17-18-12/h10-11,15H,4-9H2,1-3H3,(H,16,17,18). The Bertz CT molecular complexity index is 441. The zero-order valence-corrected chi connectivity index (χ0v) is 13.1. The zero-order chi connectivity index (χ0) is 15.3. The van der Waals surface area contributed by atoms with Gasteiger partial charge in [0.05, 0.1) is 6.54 Å². The molecule has 7 nitrogen and oxygen atoms in total. The Morgan fingerprint density at radius 1 is 1.52 bits per heavy atom. The first kappa shape index (κ1) is 15.8. The van der Waals surface area contributed by atoms with E-state index >= 15 is 0 Å². The minimum Gasteiger partial charge on any atom is -0.444 e. The molecule has 0 radical (unpaired) electrons. The molecule has 1 unspecified atom stereocenters. The van der Waals surface area contributed by atoms with Crippen LogP contribution in [0.5, 0.6) is 0 Å². The van der Waals surface area contributed by atoms with E-state index in [2.05, 4.69) is 20.5 Å². The van der Waals surface area contributed by atoms with Gasteiger partial charge in [0, 0.05) is 19.1 Å². The first-order chi connectivity index (χ1) is 9.96. The number of hydrogen-bond acceptors (Lipinski definition) is 5. The van der Waals surface area contributed by atoms with Gasteiger partial charge >= 0.3 is 6.09 Å². The van der Waals surface area contributed by atoms with Crippen molar-refractivity contribution < 1.29 is 9.53 Å². The van der Waals surface area contributed by atoms with E-state index in [-0.39, 0.29) is 12.1 Å². The molecule has 7 heteroatoms. The van der Waals surface area contributed by atoms with Gasteiger partial charge < -0.3 is 15.0 Å². The number of piperidine rings is 1. The van der Waals surface area contributed by atoms with Crippen molar-refractivity contribution in [3.63, 3.8) is 0 Å². The van der Waals surface area contributed by atoms with Gasteiger partial charge in [-0.05, 0) is 40.0 Å². The van der Waals surface area contributed by atoms with E-state index in [9.17, 15) is 4.79 Å². The average Bonchev–Trinajstić information content (AvgIpc) is 2.90. The summed E-state index contributed by atoms with van der Waals surface area (Å²) in [5.41, 5.74) is -0.452. The van der Waals surface area contributed by atoms with Crippen LogP contribution in [0.1, 0.15) is 45.9 Å². The number of carbonyl (C=O) groups excluding carboxylic acids is 1. The molecule has 1 aliphatic heterocycles. The molecule has 1 amide bonds. The molecule has 1 saturated heterocycles. The highest BCUT2D eigenvalue weighted by Gasteiger charge is 2.30. The highest BCUT2D eigenvalue weighted by molar-refractivity contribution is 5.68. The summed E-state index contributed by atoms with van der Waals surface area (Å²) >= 11 is 0. The van der Waals surface area contributed by atoms with E-state index in [1.54, 1.807) is 0 Å². The Morgan fingerprint density at radius 2 is 2.33 bits per heavy atom. The molecule has 118 valence electrons. The van der Waals surface area contributed by atoms with Gasteiger partial charge in [-0.2, -0.15) is 5.10 Å². The largest absolute Gasteiger partial charge is 0.444 e. The molecular formula is C14H25N5O2. The predicted molar refractivity (Wildman–Crippen MR) is 78.7 cm³/mol. The number of likely N-dealkylation sites (tertiary alicyclic amines) is 1. The zero-order valence-electron chi connectivity index (χ0n) is 13.1. The maximum atomic E-state index is 12.3. The topological polar surface area (TPSA) is 83.1 Å². The lowest BCUT2D eigenvalue weighted by atomic mass is 10.0. The summed E-state index contributed by atoms with van der Waals surface area (Å²) in [4.78, 5) is 18.2.